The van der Waals surface area contributed by atoms with Crippen LogP contribution < -0.4 is 5.32 Å². The highest BCUT2D eigenvalue weighted by atomic mass is 16.7. The highest BCUT2D eigenvalue weighted by molar-refractivity contribution is 5.95. The van der Waals surface area contributed by atoms with Gasteiger partial charge in [0.2, 0.25) is 0 Å². The lowest BCUT2D eigenvalue weighted by Crippen LogP contribution is -2.43. The van der Waals surface area contributed by atoms with Gasteiger partial charge in [-0.2, -0.15) is 0 Å². The monoisotopic (exact) mass is 376 g/mol. The topological polar surface area (TPSA) is 77.1 Å². The third-order valence-corrected chi connectivity index (χ3v) is 4.55. The average molecular weight is 376 g/mol. The van der Waals surface area contributed by atoms with E-state index < -0.39 is 11.7 Å². The van der Waals surface area contributed by atoms with Crippen LogP contribution in [0.15, 0.2) is 24.3 Å². The number of piperidine rings is 1. The number of hydrogen-bond acceptors (Lipinski definition) is 5. The summed E-state index contributed by atoms with van der Waals surface area (Å²) in [6.07, 6.45) is 1.24. The SMILES string of the molecule is CC(C)(C)OC(=O)Nc1ccc(C(=O)N2CCCC(C3OCCO3)C2)cc1. The molecular formula is C20H28N2O5. The van der Waals surface area contributed by atoms with E-state index in [1.54, 1.807) is 24.3 Å². The van der Waals surface area contributed by atoms with Crippen molar-refractivity contribution in [1.82, 2.24) is 4.90 Å². The molecule has 148 valence electrons. The van der Waals surface area contributed by atoms with Gasteiger partial charge in [-0.15, -0.1) is 0 Å². The second-order valence-corrected chi connectivity index (χ2v) is 7.97. The number of rotatable bonds is 3. The number of anilines is 1. The first kappa shape index (κ1) is 19.6. The minimum absolute atomic E-state index is 0.0125. The zero-order chi connectivity index (χ0) is 19.4. The van der Waals surface area contributed by atoms with Crippen LogP contribution >= 0.6 is 0 Å². The van der Waals surface area contributed by atoms with Crippen molar-refractivity contribution in [1.29, 1.82) is 0 Å². The van der Waals surface area contributed by atoms with Gasteiger partial charge in [0.1, 0.15) is 5.60 Å². The molecule has 3 rings (SSSR count). The smallest absolute Gasteiger partial charge is 0.412 e. The molecule has 7 heteroatoms. The third kappa shape index (κ3) is 5.43. The van der Waals surface area contributed by atoms with Crippen molar-refractivity contribution in [2.45, 2.75) is 45.5 Å². The maximum Gasteiger partial charge on any atom is 0.412 e. The van der Waals surface area contributed by atoms with Gasteiger partial charge in [-0.3, -0.25) is 10.1 Å². The number of likely N-dealkylation sites (tertiary alicyclic amines) is 1. The summed E-state index contributed by atoms with van der Waals surface area (Å²) < 4.78 is 16.4. The Bertz CT molecular complexity index is 662. The molecule has 1 unspecified atom stereocenters. The number of carbonyl (C=O) groups is 2. The molecule has 27 heavy (non-hydrogen) atoms. The molecule has 2 amide bonds. The summed E-state index contributed by atoms with van der Waals surface area (Å²) in [6.45, 7) is 8.05. The molecule has 2 aliphatic heterocycles. The molecule has 1 N–H and O–H groups in total. The zero-order valence-electron chi connectivity index (χ0n) is 16.2. The van der Waals surface area contributed by atoms with E-state index in [0.29, 0.717) is 31.0 Å². The van der Waals surface area contributed by atoms with E-state index in [0.717, 1.165) is 19.4 Å². The summed E-state index contributed by atoms with van der Waals surface area (Å²) in [5.74, 6) is 0.208. The van der Waals surface area contributed by atoms with Crippen LogP contribution in [0.3, 0.4) is 0 Å². The van der Waals surface area contributed by atoms with Crippen molar-refractivity contribution >= 4 is 17.7 Å². The first-order valence-corrected chi connectivity index (χ1v) is 9.44. The van der Waals surface area contributed by atoms with Gasteiger partial charge < -0.3 is 19.1 Å². The quantitative estimate of drug-likeness (QED) is 0.876. The Morgan fingerprint density at radius 2 is 1.81 bits per heavy atom. The standard InChI is InChI=1S/C20H28N2O5/c1-20(2,3)27-19(24)21-16-8-6-14(7-9-16)17(23)22-10-4-5-15(13-22)18-25-11-12-26-18/h6-9,15,18H,4-5,10-13H2,1-3H3,(H,21,24). The summed E-state index contributed by atoms with van der Waals surface area (Å²) in [6, 6.07) is 6.87. The molecule has 0 aliphatic carbocycles. The largest absolute Gasteiger partial charge is 0.444 e. The second-order valence-electron chi connectivity index (χ2n) is 7.97. The van der Waals surface area contributed by atoms with Crippen LogP contribution in [0.5, 0.6) is 0 Å². The molecule has 1 aromatic carbocycles. The molecule has 0 aromatic heterocycles. The molecule has 2 aliphatic rings. The van der Waals surface area contributed by atoms with Crippen LogP contribution in [0.2, 0.25) is 0 Å². The van der Waals surface area contributed by atoms with Gasteiger partial charge in [-0.1, -0.05) is 0 Å². The molecule has 2 fully saturated rings. The normalized spacial score (nSPS) is 21.1. The van der Waals surface area contributed by atoms with E-state index in [4.69, 9.17) is 14.2 Å². The Kier molecular flexibility index (Phi) is 6.01. The lowest BCUT2D eigenvalue weighted by Gasteiger charge is -2.34. The summed E-state index contributed by atoms with van der Waals surface area (Å²) in [5, 5.41) is 2.67. The van der Waals surface area contributed by atoms with Gasteiger partial charge in [0, 0.05) is 30.3 Å². The van der Waals surface area contributed by atoms with E-state index in [1.165, 1.54) is 0 Å². The molecule has 0 radical (unpaired) electrons. The van der Waals surface area contributed by atoms with E-state index in [9.17, 15) is 9.59 Å². The molecular weight excluding hydrogens is 348 g/mol. The van der Waals surface area contributed by atoms with Crippen molar-refractivity contribution in [3.05, 3.63) is 29.8 Å². The van der Waals surface area contributed by atoms with Crippen LogP contribution in [0.1, 0.15) is 44.0 Å². The van der Waals surface area contributed by atoms with Crippen molar-refractivity contribution in [2.24, 2.45) is 5.92 Å². The number of carbonyl (C=O) groups excluding carboxylic acids is 2. The van der Waals surface area contributed by atoms with Crippen LogP contribution in [0.25, 0.3) is 0 Å². The van der Waals surface area contributed by atoms with E-state index in [1.807, 2.05) is 25.7 Å². The fraction of sp³-hybridized carbons (Fsp3) is 0.600. The predicted molar refractivity (Wildman–Crippen MR) is 101 cm³/mol. The highest BCUT2D eigenvalue weighted by Gasteiger charge is 2.33. The second kappa shape index (κ2) is 8.27. The Balaban J connectivity index is 1.57. The van der Waals surface area contributed by atoms with E-state index >= 15 is 0 Å². The number of hydrogen-bond donors (Lipinski definition) is 1. The Morgan fingerprint density at radius 1 is 1.15 bits per heavy atom. The highest BCUT2D eigenvalue weighted by Crippen LogP contribution is 2.26. The maximum absolute atomic E-state index is 12.8. The van der Waals surface area contributed by atoms with Crippen LogP contribution in [-0.4, -0.2) is 55.1 Å². The van der Waals surface area contributed by atoms with Crippen LogP contribution in [0, 0.1) is 5.92 Å². The number of benzene rings is 1. The minimum Gasteiger partial charge on any atom is -0.444 e. The number of ether oxygens (including phenoxy) is 3. The fourth-order valence-electron chi connectivity index (χ4n) is 3.37. The Labute approximate surface area is 160 Å². The molecule has 2 saturated heterocycles. The first-order valence-electron chi connectivity index (χ1n) is 9.44. The first-order chi connectivity index (χ1) is 12.8. The van der Waals surface area contributed by atoms with Gasteiger partial charge in [0.05, 0.1) is 13.2 Å². The van der Waals surface area contributed by atoms with Gasteiger partial charge in [0.15, 0.2) is 6.29 Å². The lowest BCUT2D eigenvalue weighted by atomic mass is 9.96. The van der Waals surface area contributed by atoms with Crippen molar-refractivity contribution in [3.63, 3.8) is 0 Å². The van der Waals surface area contributed by atoms with Crippen LogP contribution in [0.4, 0.5) is 10.5 Å². The molecule has 7 nitrogen and oxygen atoms in total. The third-order valence-electron chi connectivity index (χ3n) is 4.55. The number of amides is 2. The fourth-order valence-corrected chi connectivity index (χ4v) is 3.37. The summed E-state index contributed by atoms with van der Waals surface area (Å²) in [5.41, 5.74) is 0.626. The van der Waals surface area contributed by atoms with E-state index in [-0.39, 0.29) is 18.1 Å². The summed E-state index contributed by atoms with van der Waals surface area (Å²) in [7, 11) is 0. The van der Waals surface area contributed by atoms with Crippen molar-refractivity contribution in [3.8, 4) is 0 Å². The average Bonchev–Trinajstić information content (AvgIpc) is 3.15. The van der Waals surface area contributed by atoms with Gasteiger partial charge in [-0.05, 0) is 57.9 Å². The zero-order valence-corrected chi connectivity index (χ0v) is 16.2. The minimum atomic E-state index is -0.558. The molecule has 0 bridgehead atoms. The Hall–Kier alpha value is -2.12. The molecule has 0 spiro atoms. The number of nitrogens with one attached hydrogen (secondary N) is 1. The van der Waals surface area contributed by atoms with Crippen molar-refractivity contribution in [2.75, 3.05) is 31.6 Å². The molecule has 2 heterocycles. The number of nitrogens with zero attached hydrogens (tertiary/aromatic N) is 1. The molecule has 1 aromatic rings. The van der Waals surface area contributed by atoms with E-state index in [2.05, 4.69) is 5.32 Å². The lowest BCUT2D eigenvalue weighted by molar-refractivity contribution is -0.0969. The van der Waals surface area contributed by atoms with Crippen molar-refractivity contribution < 1.29 is 23.8 Å². The van der Waals surface area contributed by atoms with Crippen LogP contribution in [-0.2, 0) is 14.2 Å². The summed E-state index contributed by atoms with van der Waals surface area (Å²) >= 11 is 0. The molecule has 0 saturated carbocycles. The van der Waals surface area contributed by atoms with Gasteiger partial charge >= 0.3 is 6.09 Å². The predicted octanol–water partition coefficient (Wildman–Crippen LogP) is 3.26. The maximum atomic E-state index is 12.8. The Morgan fingerprint density at radius 3 is 2.44 bits per heavy atom. The summed E-state index contributed by atoms with van der Waals surface area (Å²) in [4.78, 5) is 26.5. The molecule has 1 atom stereocenters. The van der Waals surface area contributed by atoms with Gasteiger partial charge in [-0.25, -0.2) is 4.79 Å². The van der Waals surface area contributed by atoms with Gasteiger partial charge in [0.25, 0.3) is 5.91 Å².